The van der Waals surface area contributed by atoms with Crippen molar-refractivity contribution in [2.75, 3.05) is 19.1 Å². The fraction of sp³-hybridized carbons (Fsp3) is 0.385. The Hall–Kier alpha value is -1.73. The molecule has 0 saturated heterocycles. The van der Waals surface area contributed by atoms with E-state index in [-0.39, 0.29) is 17.4 Å². The molecule has 1 rings (SSSR count). The lowest BCUT2D eigenvalue weighted by atomic mass is 10.1. The molecule has 0 saturated carbocycles. The smallest absolute Gasteiger partial charge is 0.222 e. The van der Waals surface area contributed by atoms with Crippen LogP contribution < -0.4 is 0 Å². The maximum atomic E-state index is 11.8. The van der Waals surface area contributed by atoms with Gasteiger partial charge >= 0.3 is 0 Å². The standard InChI is InChI=1S/C13H17NO5S/c1-2-19-11-20(17,18)13-8-6-12(7-9-13)5-3-4-10-14(15)16/h3-4,6-9H,2,5,10-11H2,1H3. The summed E-state index contributed by atoms with van der Waals surface area (Å²) in [4.78, 5) is 9.92. The van der Waals surface area contributed by atoms with Gasteiger partial charge in [0, 0.05) is 11.5 Å². The number of nitro groups is 1. The molecule has 110 valence electrons. The van der Waals surface area contributed by atoms with Crippen LogP contribution in [0.5, 0.6) is 0 Å². The zero-order valence-electron chi connectivity index (χ0n) is 11.2. The largest absolute Gasteiger partial charge is 0.365 e. The molecule has 0 aliphatic heterocycles. The summed E-state index contributed by atoms with van der Waals surface area (Å²) in [5.41, 5.74) is 0.889. The third-order valence-corrected chi connectivity index (χ3v) is 3.97. The van der Waals surface area contributed by atoms with Crippen LogP contribution in [0.1, 0.15) is 12.5 Å². The molecule has 0 amide bonds. The quantitative estimate of drug-likeness (QED) is 0.415. The van der Waals surface area contributed by atoms with Gasteiger partial charge in [0.25, 0.3) is 0 Å². The van der Waals surface area contributed by atoms with Crippen molar-refractivity contribution in [3.05, 3.63) is 52.1 Å². The van der Waals surface area contributed by atoms with Crippen molar-refractivity contribution in [3.8, 4) is 0 Å². The Morgan fingerprint density at radius 1 is 1.25 bits per heavy atom. The Kier molecular flexibility index (Phi) is 6.33. The van der Waals surface area contributed by atoms with Crippen molar-refractivity contribution in [2.24, 2.45) is 0 Å². The number of sulfone groups is 1. The molecule has 0 radical (unpaired) electrons. The maximum Gasteiger partial charge on any atom is 0.222 e. The Morgan fingerprint density at radius 3 is 2.45 bits per heavy atom. The van der Waals surface area contributed by atoms with Gasteiger partial charge in [0.2, 0.25) is 16.4 Å². The first-order valence-corrected chi connectivity index (χ1v) is 7.77. The molecule has 0 fully saturated rings. The molecule has 0 unspecified atom stereocenters. The second kappa shape index (κ2) is 7.76. The van der Waals surface area contributed by atoms with Crippen molar-refractivity contribution in [2.45, 2.75) is 18.2 Å². The number of ether oxygens (including phenoxy) is 1. The molecular weight excluding hydrogens is 282 g/mol. The monoisotopic (exact) mass is 299 g/mol. The molecule has 7 heteroatoms. The van der Waals surface area contributed by atoms with Crippen LogP contribution in [0.3, 0.4) is 0 Å². The molecule has 1 aromatic rings. The molecule has 0 aromatic heterocycles. The highest BCUT2D eigenvalue weighted by molar-refractivity contribution is 7.91. The molecule has 0 aliphatic rings. The van der Waals surface area contributed by atoms with Gasteiger partial charge < -0.3 is 4.74 Å². The summed E-state index contributed by atoms with van der Waals surface area (Å²) in [5, 5.41) is 10.1. The van der Waals surface area contributed by atoms with Crippen LogP contribution in [0, 0.1) is 10.1 Å². The van der Waals surface area contributed by atoms with E-state index in [1.54, 1.807) is 25.1 Å². The van der Waals surface area contributed by atoms with E-state index in [4.69, 9.17) is 4.74 Å². The first kappa shape index (κ1) is 16.3. The first-order valence-electron chi connectivity index (χ1n) is 6.12. The molecular formula is C13H17NO5S. The van der Waals surface area contributed by atoms with E-state index in [0.29, 0.717) is 13.0 Å². The van der Waals surface area contributed by atoms with Crippen molar-refractivity contribution in [3.63, 3.8) is 0 Å². The minimum absolute atomic E-state index is 0.208. The normalized spacial score (nSPS) is 11.8. The van der Waals surface area contributed by atoms with Crippen molar-refractivity contribution in [1.29, 1.82) is 0 Å². The van der Waals surface area contributed by atoms with Gasteiger partial charge in [-0.15, -0.1) is 0 Å². The van der Waals surface area contributed by atoms with Crippen LogP contribution in [0.4, 0.5) is 0 Å². The van der Waals surface area contributed by atoms with Crippen LogP contribution in [-0.4, -0.2) is 32.4 Å². The van der Waals surface area contributed by atoms with E-state index in [2.05, 4.69) is 0 Å². The second-order valence-corrected chi connectivity index (χ2v) is 6.00. The number of hydrogen-bond acceptors (Lipinski definition) is 5. The predicted octanol–water partition coefficient (Wildman–Crippen LogP) is 1.83. The number of allylic oxidation sites excluding steroid dienone is 1. The van der Waals surface area contributed by atoms with E-state index < -0.39 is 14.8 Å². The highest BCUT2D eigenvalue weighted by atomic mass is 32.2. The van der Waals surface area contributed by atoms with Gasteiger partial charge in [-0.25, -0.2) is 8.42 Å². The molecule has 0 atom stereocenters. The second-order valence-electron chi connectivity index (χ2n) is 4.06. The lowest BCUT2D eigenvalue weighted by molar-refractivity contribution is -0.468. The van der Waals surface area contributed by atoms with Gasteiger partial charge in [0.05, 0.1) is 4.90 Å². The third-order valence-electron chi connectivity index (χ3n) is 2.50. The zero-order chi connectivity index (χ0) is 15.0. The van der Waals surface area contributed by atoms with E-state index in [1.165, 1.54) is 18.2 Å². The average molecular weight is 299 g/mol. The van der Waals surface area contributed by atoms with Crippen LogP contribution in [-0.2, 0) is 21.0 Å². The van der Waals surface area contributed by atoms with Gasteiger partial charge in [0.15, 0.2) is 5.94 Å². The maximum absolute atomic E-state index is 11.8. The third kappa shape index (κ3) is 5.50. The highest BCUT2D eigenvalue weighted by Crippen LogP contribution is 2.13. The lowest BCUT2D eigenvalue weighted by Gasteiger charge is -2.05. The summed E-state index contributed by atoms with van der Waals surface area (Å²) >= 11 is 0. The van der Waals surface area contributed by atoms with Gasteiger partial charge in [-0.2, -0.15) is 0 Å². The SMILES string of the molecule is CCOCS(=O)(=O)c1ccc(CC=CC[N+](=O)[O-])cc1. The number of rotatable bonds is 8. The number of hydrogen-bond donors (Lipinski definition) is 0. The van der Waals surface area contributed by atoms with Gasteiger partial charge in [-0.3, -0.25) is 10.1 Å². The van der Waals surface area contributed by atoms with Crippen molar-refractivity contribution >= 4 is 9.84 Å². The minimum atomic E-state index is -3.41. The van der Waals surface area contributed by atoms with E-state index in [0.717, 1.165) is 5.56 Å². The van der Waals surface area contributed by atoms with Gasteiger partial charge in [-0.1, -0.05) is 18.2 Å². The fourth-order valence-corrected chi connectivity index (χ4v) is 2.55. The first-order chi connectivity index (χ1) is 9.45. The molecule has 20 heavy (non-hydrogen) atoms. The van der Waals surface area contributed by atoms with Crippen LogP contribution >= 0.6 is 0 Å². The minimum Gasteiger partial charge on any atom is -0.365 e. The highest BCUT2D eigenvalue weighted by Gasteiger charge is 2.13. The Labute approximate surface area is 118 Å². The topological polar surface area (TPSA) is 86.5 Å². The zero-order valence-corrected chi connectivity index (χ0v) is 12.0. The number of nitrogens with zero attached hydrogens (tertiary/aromatic N) is 1. The number of benzene rings is 1. The summed E-state index contributed by atoms with van der Waals surface area (Å²) in [6, 6.07) is 6.42. The summed E-state index contributed by atoms with van der Waals surface area (Å²) < 4.78 is 28.6. The van der Waals surface area contributed by atoms with Crippen molar-refractivity contribution in [1.82, 2.24) is 0 Å². The Balaban J connectivity index is 2.64. The Bertz CT molecular complexity index is 563. The van der Waals surface area contributed by atoms with Gasteiger partial charge in [-0.05, 0) is 37.1 Å². The van der Waals surface area contributed by atoms with Crippen LogP contribution in [0.25, 0.3) is 0 Å². The summed E-state index contributed by atoms with van der Waals surface area (Å²) in [5.74, 6) is -0.328. The predicted molar refractivity (Wildman–Crippen MR) is 74.8 cm³/mol. The molecule has 1 aromatic carbocycles. The lowest BCUT2D eigenvalue weighted by Crippen LogP contribution is -2.09. The Morgan fingerprint density at radius 2 is 1.90 bits per heavy atom. The fourth-order valence-electron chi connectivity index (χ4n) is 1.47. The van der Waals surface area contributed by atoms with E-state index in [1.807, 2.05) is 0 Å². The van der Waals surface area contributed by atoms with Gasteiger partial charge in [0.1, 0.15) is 0 Å². The van der Waals surface area contributed by atoms with Crippen LogP contribution in [0.15, 0.2) is 41.3 Å². The van der Waals surface area contributed by atoms with Crippen LogP contribution in [0.2, 0.25) is 0 Å². The average Bonchev–Trinajstić information content (AvgIpc) is 2.42. The van der Waals surface area contributed by atoms with E-state index >= 15 is 0 Å². The van der Waals surface area contributed by atoms with E-state index in [9.17, 15) is 18.5 Å². The molecule has 0 spiro atoms. The molecule has 0 aliphatic carbocycles. The summed E-state index contributed by atoms with van der Waals surface area (Å²) in [7, 11) is -3.41. The molecule has 0 N–H and O–H groups in total. The van der Waals surface area contributed by atoms with Crippen molar-refractivity contribution < 1.29 is 18.1 Å². The molecule has 0 heterocycles. The molecule has 6 nitrogen and oxygen atoms in total. The molecule has 0 bridgehead atoms. The summed E-state index contributed by atoms with van der Waals surface area (Å²) in [6.45, 7) is 1.87. The summed E-state index contributed by atoms with van der Waals surface area (Å²) in [6.07, 6.45) is 3.69.